The first kappa shape index (κ1) is 21.4. The van der Waals surface area contributed by atoms with Crippen LogP contribution in [0.1, 0.15) is 5.56 Å². The molecule has 0 aliphatic carbocycles. The molecular weight excluding hydrogens is 450 g/mol. The average molecular weight is 465 g/mol. The Morgan fingerprint density at radius 2 is 1.74 bits per heavy atom. The molecule has 0 unspecified atom stereocenters. The van der Waals surface area contributed by atoms with Crippen LogP contribution in [-0.4, -0.2) is 20.2 Å². The molecule has 0 saturated heterocycles. The minimum absolute atomic E-state index is 0.130. The summed E-state index contributed by atoms with van der Waals surface area (Å²) in [4.78, 5) is 8.43. The number of H-pyrrole nitrogens is 1. The number of aromatic amines is 1. The zero-order valence-corrected chi connectivity index (χ0v) is 17.3. The zero-order chi connectivity index (χ0) is 23.7. The van der Waals surface area contributed by atoms with E-state index in [-0.39, 0.29) is 17.5 Å². The Labute approximate surface area is 190 Å². The van der Waals surface area contributed by atoms with Crippen molar-refractivity contribution in [1.29, 1.82) is 0 Å². The van der Waals surface area contributed by atoms with Crippen LogP contribution in [0.4, 0.5) is 29.2 Å². The van der Waals surface area contributed by atoms with Gasteiger partial charge in [0.15, 0.2) is 5.82 Å². The third-order valence-corrected chi connectivity index (χ3v) is 4.95. The first-order valence-electron chi connectivity index (χ1n) is 10.0. The summed E-state index contributed by atoms with van der Waals surface area (Å²) in [6.07, 6.45) is -2.90. The standard InChI is InChI=1S/C24H15F4N5O/c25-16-6-9-19-20(13-16)29-11-10-21(19)34-18-7-4-14(5-8-18)22-31-23(33-32-22)30-17-3-1-2-15(12-17)24(26,27)28/h1-13H,(H2,30,31,32,33). The van der Waals surface area contributed by atoms with Gasteiger partial charge in [-0.3, -0.25) is 10.1 Å². The van der Waals surface area contributed by atoms with Crippen LogP contribution >= 0.6 is 0 Å². The van der Waals surface area contributed by atoms with Gasteiger partial charge in [0.1, 0.15) is 17.3 Å². The second-order valence-electron chi connectivity index (χ2n) is 7.31. The summed E-state index contributed by atoms with van der Waals surface area (Å²) in [5, 5.41) is 10.2. The number of anilines is 2. The lowest BCUT2D eigenvalue weighted by molar-refractivity contribution is -0.137. The van der Waals surface area contributed by atoms with Crippen LogP contribution in [0.25, 0.3) is 22.3 Å². The number of aromatic nitrogens is 4. The number of hydrogen-bond acceptors (Lipinski definition) is 5. The number of alkyl halides is 3. The number of rotatable bonds is 5. The SMILES string of the molecule is Fc1ccc2c(Oc3ccc(-c4nc(Nc5cccc(C(F)(F)F)c5)n[nH]4)cc3)ccnc2c1. The number of nitrogens with zero attached hydrogens (tertiary/aromatic N) is 3. The van der Waals surface area contributed by atoms with Crippen molar-refractivity contribution in [3.05, 3.63) is 90.4 Å². The van der Waals surface area contributed by atoms with Crippen molar-refractivity contribution in [2.45, 2.75) is 6.18 Å². The first-order valence-corrected chi connectivity index (χ1v) is 10.0. The molecule has 10 heteroatoms. The van der Waals surface area contributed by atoms with Gasteiger partial charge in [-0.25, -0.2) is 4.39 Å². The molecule has 3 aromatic carbocycles. The van der Waals surface area contributed by atoms with Crippen LogP contribution < -0.4 is 10.1 Å². The van der Waals surface area contributed by atoms with Crippen LogP contribution in [0, 0.1) is 5.82 Å². The fourth-order valence-corrected chi connectivity index (χ4v) is 3.34. The summed E-state index contributed by atoms with van der Waals surface area (Å²) in [6.45, 7) is 0. The lowest BCUT2D eigenvalue weighted by Crippen LogP contribution is -2.05. The fraction of sp³-hybridized carbons (Fsp3) is 0.0417. The lowest BCUT2D eigenvalue weighted by Gasteiger charge is -2.09. The maximum absolute atomic E-state index is 13.4. The molecule has 0 atom stereocenters. The zero-order valence-electron chi connectivity index (χ0n) is 17.3. The predicted molar refractivity (Wildman–Crippen MR) is 118 cm³/mol. The van der Waals surface area contributed by atoms with E-state index in [2.05, 4.69) is 25.5 Å². The van der Waals surface area contributed by atoms with Gasteiger partial charge < -0.3 is 10.1 Å². The lowest BCUT2D eigenvalue weighted by atomic mass is 10.2. The van der Waals surface area contributed by atoms with Crippen LogP contribution in [0.5, 0.6) is 11.5 Å². The Hall–Kier alpha value is -4.47. The molecule has 0 saturated carbocycles. The molecule has 0 amide bonds. The van der Waals surface area contributed by atoms with E-state index in [0.29, 0.717) is 33.8 Å². The van der Waals surface area contributed by atoms with Crippen LogP contribution in [0.3, 0.4) is 0 Å². The third-order valence-electron chi connectivity index (χ3n) is 4.95. The Balaban J connectivity index is 1.31. The van der Waals surface area contributed by atoms with Gasteiger partial charge in [0.2, 0.25) is 5.95 Å². The predicted octanol–water partition coefficient (Wildman–Crippen LogP) is 6.71. The minimum Gasteiger partial charge on any atom is -0.457 e. The molecule has 0 fully saturated rings. The maximum atomic E-state index is 13.4. The smallest absolute Gasteiger partial charge is 0.416 e. The topological polar surface area (TPSA) is 75.7 Å². The van der Waals surface area contributed by atoms with E-state index >= 15 is 0 Å². The van der Waals surface area contributed by atoms with Gasteiger partial charge in [-0.1, -0.05) is 6.07 Å². The Bertz CT molecular complexity index is 1460. The molecule has 34 heavy (non-hydrogen) atoms. The van der Waals surface area contributed by atoms with E-state index < -0.39 is 11.7 Å². The van der Waals surface area contributed by atoms with Gasteiger partial charge in [-0.05, 0) is 60.7 Å². The summed E-state index contributed by atoms with van der Waals surface area (Å²) in [7, 11) is 0. The average Bonchev–Trinajstić information content (AvgIpc) is 3.27. The van der Waals surface area contributed by atoms with E-state index in [1.807, 2.05) is 0 Å². The minimum atomic E-state index is -4.44. The number of ether oxygens (including phenoxy) is 1. The van der Waals surface area contributed by atoms with Crippen molar-refractivity contribution >= 4 is 22.5 Å². The molecule has 6 nitrogen and oxygen atoms in total. The van der Waals surface area contributed by atoms with Crippen LogP contribution in [0.15, 0.2) is 79.0 Å². The van der Waals surface area contributed by atoms with Crippen LogP contribution in [-0.2, 0) is 6.18 Å². The van der Waals surface area contributed by atoms with E-state index in [9.17, 15) is 17.6 Å². The molecule has 5 rings (SSSR count). The van der Waals surface area contributed by atoms with Crippen molar-refractivity contribution in [2.24, 2.45) is 0 Å². The molecular formula is C24H15F4N5O. The van der Waals surface area contributed by atoms with Crippen molar-refractivity contribution in [1.82, 2.24) is 20.2 Å². The summed E-state index contributed by atoms with van der Waals surface area (Å²) in [5.74, 6) is 1.25. The molecule has 0 radical (unpaired) electrons. The molecule has 0 spiro atoms. The molecule has 0 aliphatic heterocycles. The Morgan fingerprint density at radius 3 is 2.53 bits per heavy atom. The number of halogens is 4. The summed E-state index contributed by atoms with van der Waals surface area (Å²) < 4.78 is 58.1. The highest BCUT2D eigenvalue weighted by Gasteiger charge is 2.30. The molecule has 0 bridgehead atoms. The van der Waals surface area contributed by atoms with Gasteiger partial charge >= 0.3 is 6.18 Å². The fourth-order valence-electron chi connectivity index (χ4n) is 3.34. The molecule has 2 N–H and O–H groups in total. The number of nitrogens with one attached hydrogen (secondary N) is 2. The van der Waals surface area contributed by atoms with Crippen molar-refractivity contribution < 1.29 is 22.3 Å². The van der Waals surface area contributed by atoms with Crippen molar-refractivity contribution in [2.75, 3.05) is 5.32 Å². The van der Waals surface area contributed by atoms with E-state index in [1.54, 1.807) is 42.6 Å². The molecule has 5 aromatic rings. The second-order valence-corrected chi connectivity index (χ2v) is 7.31. The van der Waals surface area contributed by atoms with Crippen LogP contribution in [0.2, 0.25) is 0 Å². The highest BCUT2D eigenvalue weighted by Crippen LogP contribution is 2.32. The van der Waals surface area contributed by atoms with Crippen molar-refractivity contribution in [3.8, 4) is 22.9 Å². The number of hydrogen-bond donors (Lipinski definition) is 2. The van der Waals surface area contributed by atoms with Gasteiger partial charge in [0, 0.05) is 28.9 Å². The molecule has 0 aliphatic rings. The normalized spacial score (nSPS) is 11.5. The first-order chi connectivity index (χ1) is 16.3. The van der Waals surface area contributed by atoms with Gasteiger partial charge in [0.05, 0.1) is 11.1 Å². The van der Waals surface area contributed by atoms with Gasteiger partial charge in [-0.15, -0.1) is 5.10 Å². The molecule has 2 heterocycles. The quantitative estimate of drug-likeness (QED) is 0.282. The molecule has 170 valence electrons. The van der Waals surface area contributed by atoms with E-state index in [0.717, 1.165) is 12.1 Å². The van der Waals surface area contributed by atoms with E-state index in [1.165, 1.54) is 24.3 Å². The maximum Gasteiger partial charge on any atom is 0.416 e. The monoisotopic (exact) mass is 465 g/mol. The highest BCUT2D eigenvalue weighted by atomic mass is 19.4. The summed E-state index contributed by atoms with van der Waals surface area (Å²) in [6, 6.07) is 17.7. The largest absolute Gasteiger partial charge is 0.457 e. The number of benzene rings is 3. The van der Waals surface area contributed by atoms with E-state index in [4.69, 9.17) is 4.74 Å². The molecule has 2 aromatic heterocycles. The second kappa shape index (κ2) is 8.47. The Morgan fingerprint density at radius 1 is 0.912 bits per heavy atom. The van der Waals surface area contributed by atoms with Gasteiger partial charge in [-0.2, -0.15) is 18.2 Å². The third kappa shape index (κ3) is 4.51. The Kier molecular flexibility index (Phi) is 5.33. The van der Waals surface area contributed by atoms with Crippen molar-refractivity contribution in [3.63, 3.8) is 0 Å². The van der Waals surface area contributed by atoms with Gasteiger partial charge in [0.25, 0.3) is 0 Å². The highest BCUT2D eigenvalue weighted by molar-refractivity contribution is 5.85. The summed E-state index contributed by atoms with van der Waals surface area (Å²) >= 11 is 0. The summed E-state index contributed by atoms with van der Waals surface area (Å²) in [5.41, 5.74) is 0.625. The number of pyridine rings is 1. The number of fused-ring (bicyclic) bond motifs is 1.